The Balaban J connectivity index is 1.66. The summed E-state index contributed by atoms with van der Waals surface area (Å²) >= 11 is 0. The molecule has 3 aromatic heterocycles. The van der Waals surface area contributed by atoms with Gasteiger partial charge in [-0.2, -0.15) is 0 Å². The quantitative estimate of drug-likeness (QED) is 0.790. The summed E-state index contributed by atoms with van der Waals surface area (Å²) in [5.74, 6) is 0.907. The third-order valence-electron chi connectivity index (χ3n) is 5.26. The summed E-state index contributed by atoms with van der Waals surface area (Å²) in [5.41, 5.74) is 2.52. The van der Waals surface area contributed by atoms with Gasteiger partial charge in [-0.05, 0) is 37.1 Å². The monoisotopic (exact) mass is 349 g/mol. The second-order valence-corrected chi connectivity index (χ2v) is 7.16. The number of aromatic nitrogens is 3. The largest absolute Gasteiger partial charge is 0.371 e. The van der Waals surface area contributed by atoms with Crippen LogP contribution in [0.3, 0.4) is 0 Å². The van der Waals surface area contributed by atoms with Crippen LogP contribution in [-0.2, 0) is 5.41 Å². The fourth-order valence-corrected chi connectivity index (χ4v) is 3.81. The summed E-state index contributed by atoms with van der Waals surface area (Å²) in [5, 5.41) is 3.19. The van der Waals surface area contributed by atoms with Gasteiger partial charge in [0.15, 0.2) is 0 Å². The molecule has 0 bridgehead atoms. The van der Waals surface area contributed by atoms with Gasteiger partial charge in [0.25, 0.3) is 5.91 Å². The number of hydrogen-bond donors (Lipinski definition) is 1. The zero-order valence-electron chi connectivity index (χ0n) is 15.1. The molecule has 0 saturated carbocycles. The van der Waals surface area contributed by atoms with Crippen LogP contribution in [0.1, 0.15) is 35.8 Å². The van der Waals surface area contributed by atoms with Gasteiger partial charge in [0.1, 0.15) is 5.82 Å². The third-order valence-corrected chi connectivity index (χ3v) is 5.26. The first-order valence-corrected chi connectivity index (χ1v) is 8.96. The Bertz CT molecular complexity index is 936. The molecule has 4 heterocycles. The molecule has 0 radical (unpaired) electrons. The molecular weight excluding hydrogens is 326 g/mol. The van der Waals surface area contributed by atoms with Crippen molar-refractivity contribution in [3.05, 3.63) is 60.3 Å². The van der Waals surface area contributed by atoms with E-state index in [0.717, 1.165) is 36.4 Å². The van der Waals surface area contributed by atoms with Gasteiger partial charge in [-0.15, -0.1) is 0 Å². The molecule has 0 aliphatic carbocycles. The molecule has 1 atom stereocenters. The number of carbonyl (C=O) groups excluding carboxylic acids is 1. The van der Waals surface area contributed by atoms with Crippen LogP contribution in [0.5, 0.6) is 0 Å². The van der Waals surface area contributed by atoms with Crippen molar-refractivity contribution in [1.82, 2.24) is 19.3 Å². The number of anilines is 1. The Morgan fingerprint density at radius 3 is 2.96 bits per heavy atom. The van der Waals surface area contributed by atoms with Crippen molar-refractivity contribution in [1.29, 1.82) is 0 Å². The molecule has 1 N–H and O–H groups in total. The number of fused-ring (bicyclic) bond motifs is 1. The lowest BCUT2D eigenvalue weighted by Crippen LogP contribution is -2.47. The van der Waals surface area contributed by atoms with Gasteiger partial charge >= 0.3 is 0 Å². The Hall–Kier alpha value is -2.89. The van der Waals surface area contributed by atoms with Gasteiger partial charge in [0.05, 0.1) is 16.8 Å². The molecule has 1 aliphatic heterocycles. The number of nitrogens with one attached hydrogen (secondary N) is 1. The number of pyridine rings is 1. The summed E-state index contributed by atoms with van der Waals surface area (Å²) in [6, 6.07) is 7.69. The van der Waals surface area contributed by atoms with E-state index in [9.17, 15) is 4.79 Å². The first kappa shape index (κ1) is 16.6. The highest BCUT2D eigenvalue weighted by molar-refractivity contribution is 5.94. The van der Waals surface area contributed by atoms with Crippen LogP contribution >= 0.6 is 0 Å². The first-order valence-electron chi connectivity index (χ1n) is 8.96. The van der Waals surface area contributed by atoms with Gasteiger partial charge < -0.3 is 14.6 Å². The highest BCUT2D eigenvalue weighted by atomic mass is 16.2. The molecule has 4 rings (SSSR count). The standard InChI is InChI=1S/C20H23N5O/c1-20(17-13-24-10-4-7-16(24)18(21-2)23-17)8-5-11-25(14-20)19(26)15-6-3-9-22-12-15/h3-4,6-7,9-10,12-13H,5,8,11,14H2,1-2H3,(H,21,23)/t20-/m0/s1. The fourth-order valence-electron chi connectivity index (χ4n) is 3.81. The lowest BCUT2D eigenvalue weighted by Gasteiger charge is -2.40. The SMILES string of the molecule is CNc1nc([C@@]2(C)CCCN(C(=O)c3cccnc3)C2)cn2cccc12. The van der Waals surface area contributed by atoms with Crippen LogP contribution in [0.4, 0.5) is 5.82 Å². The molecule has 1 saturated heterocycles. The predicted molar refractivity (Wildman–Crippen MR) is 101 cm³/mol. The Kier molecular flexibility index (Phi) is 4.11. The maximum atomic E-state index is 12.9. The van der Waals surface area contributed by atoms with Crippen molar-refractivity contribution in [2.45, 2.75) is 25.2 Å². The molecule has 1 aliphatic rings. The molecule has 0 aromatic carbocycles. The van der Waals surface area contributed by atoms with E-state index in [2.05, 4.69) is 27.8 Å². The molecule has 0 spiro atoms. The molecule has 26 heavy (non-hydrogen) atoms. The van der Waals surface area contributed by atoms with Crippen LogP contribution in [0.25, 0.3) is 5.52 Å². The van der Waals surface area contributed by atoms with Crippen molar-refractivity contribution in [2.75, 3.05) is 25.5 Å². The smallest absolute Gasteiger partial charge is 0.255 e. The summed E-state index contributed by atoms with van der Waals surface area (Å²) in [6.45, 7) is 3.63. The molecule has 1 amide bonds. The van der Waals surface area contributed by atoms with Gasteiger partial charge in [-0.1, -0.05) is 6.92 Å². The molecule has 0 unspecified atom stereocenters. The van der Waals surface area contributed by atoms with E-state index in [4.69, 9.17) is 4.98 Å². The second-order valence-electron chi connectivity index (χ2n) is 7.16. The van der Waals surface area contributed by atoms with E-state index in [1.54, 1.807) is 18.5 Å². The first-order chi connectivity index (χ1) is 12.6. The molecular formula is C20H23N5O. The Labute approximate surface area is 152 Å². The number of piperidine rings is 1. The van der Waals surface area contributed by atoms with Gasteiger partial charge in [-0.25, -0.2) is 4.98 Å². The zero-order valence-corrected chi connectivity index (χ0v) is 15.1. The normalized spacial score (nSPS) is 20.3. The van der Waals surface area contributed by atoms with E-state index in [-0.39, 0.29) is 11.3 Å². The van der Waals surface area contributed by atoms with Crippen molar-refractivity contribution in [3.8, 4) is 0 Å². The topological polar surface area (TPSA) is 62.5 Å². The molecule has 6 heteroatoms. The third kappa shape index (κ3) is 2.81. The zero-order chi connectivity index (χ0) is 18.1. The van der Waals surface area contributed by atoms with Crippen molar-refractivity contribution < 1.29 is 4.79 Å². The minimum atomic E-state index is -0.180. The summed E-state index contributed by atoms with van der Waals surface area (Å²) in [7, 11) is 1.89. The van der Waals surface area contributed by atoms with E-state index < -0.39 is 0 Å². The van der Waals surface area contributed by atoms with E-state index >= 15 is 0 Å². The average molecular weight is 349 g/mol. The van der Waals surface area contributed by atoms with Crippen molar-refractivity contribution >= 4 is 17.2 Å². The lowest BCUT2D eigenvalue weighted by atomic mass is 9.79. The lowest BCUT2D eigenvalue weighted by molar-refractivity contribution is 0.0647. The van der Waals surface area contributed by atoms with Gasteiger partial charge in [0, 0.05) is 50.3 Å². The fraction of sp³-hybridized carbons (Fsp3) is 0.350. The maximum Gasteiger partial charge on any atom is 0.255 e. The average Bonchev–Trinajstić information content (AvgIpc) is 3.16. The van der Waals surface area contributed by atoms with E-state index in [1.165, 1.54) is 0 Å². The molecule has 134 valence electrons. The van der Waals surface area contributed by atoms with E-state index in [0.29, 0.717) is 12.1 Å². The minimum absolute atomic E-state index is 0.0416. The van der Waals surface area contributed by atoms with Crippen molar-refractivity contribution in [2.24, 2.45) is 0 Å². The number of hydrogen-bond acceptors (Lipinski definition) is 4. The van der Waals surface area contributed by atoms with Gasteiger partial charge in [0.2, 0.25) is 0 Å². The van der Waals surface area contributed by atoms with Crippen LogP contribution in [0, 0.1) is 0 Å². The number of carbonyl (C=O) groups is 1. The number of rotatable bonds is 3. The number of amides is 1. The van der Waals surface area contributed by atoms with Crippen molar-refractivity contribution in [3.63, 3.8) is 0 Å². The number of nitrogens with zero attached hydrogens (tertiary/aromatic N) is 4. The van der Waals surface area contributed by atoms with Crippen LogP contribution < -0.4 is 5.32 Å². The molecule has 6 nitrogen and oxygen atoms in total. The highest BCUT2D eigenvalue weighted by Crippen LogP contribution is 2.34. The number of likely N-dealkylation sites (tertiary alicyclic amines) is 1. The molecule has 1 fully saturated rings. The van der Waals surface area contributed by atoms with E-state index in [1.807, 2.05) is 36.3 Å². The maximum absolute atomic E-state index is 12.9. The summed E-state index contributed by atoms with van der Waals surface area (Å²) in [4.78, 5) is 23.7. The Morgan fingerprint density at radius 1 is 1.31 bits per heavy atom. The predicted octanol–water partition coefficient (Wildman–Crippen LogP) is 2.96. The Morgan fingerprint density at radius 2 is 2.19 bits per heavy atom. The highest BCUT2D eigenvalue weighted by Gasteiger charge is 2.36. The van der Waals surface area contributed by atoms with Crippen LogP contribution in [0.2, 0.25) is 0 Å². The summed E-state index contributed by atoms with van der Waals surface area (Å²) < 4.78 is 2.10. The molecule has 3 aromatic rings. The second kappa shape index (κ2) is 6.44. The minimum Gasteiger partial charge on any atom is -0.371 e. The van der Waals surface area contributed by atoms with Crippen LogP contribution in [0.15, 0.2) is 49.1 Å². The van der Waals surface area contributed by atoms with Crippen LogP contribution in [-0.4, -0.2) is 45.3 Å². The summed E-state index contributed by atoms with van der Waals surface area (Å²) in [6.07, 6.45) is 9.42. The van der Waals surface area contributed by atoms with Gasteiger partial charge in [-0.3, -0.25) is 9.78 Å².